The summed E-state index contributed by atoms with van der Waals surface area (Å²) in [7, 11) is 4.55. The molecule has 23 heavy (non-hydrogen) atoms. The Bertz CT molecular complexity index is 651. The Kier molecular flexibility index (Phi) is 5.46. The summed E-state index contributed by atoms with van der Waals surface area (Å²) in [5.74, 6) is 1.55. The number of phenols is 1. The molecule has 0 saturated carbocycles. The number of ketones is 1. The molecule has 0 unspecified atom stereocenters. The van der Waals surface area contributed by atoms with Crippen LogP contribution in [0.3, 0.4) is 0 Å². The number of phenolic OH excluding ortho intramolecular Hbond substituents is 1. The summed E-state index contributed by atoms with van der Waals surface area (Å²) in [4.78, 5) is 12.6. The highest BCUT2D eigenvalue weighted by Gasteiger charge is 2.20. The Morgan fingerprint density at radius 2 is 1.52 bits per heavy atom. The molecule has 0 aliphatic heterocycles. The first-order chi connectivity index (χ1) is 11.1. The molecule has 2 aromatic rings. The number of hydrogen-bond acceptors (Lipinski definition) is 5. The second kappa shape index (κ2) is 7.54. The highest BCUT2D eigenvalue weighted by atomic mass is 16.5. The fraction of sp³-hybridized carbons (Fsp3) is 0.278. The Labute approximate surface area is 135 Å². The van der Waals surface area contributed by atoms with Crippen molar-refractivity contribution in [1.82, 2.24) is 0 Å². The van der Waals surface area contributed by atoms with Gasteiger partial charge in [0.2, 0.25) is 0 Å². The number of aromatic hydroxyl groups is 1. The maximum atomic E-state index is 12.6. The van der Waals surface area contributed by atoms with Gasteiger partial charge in [-0.3, -0.25) is 4.79 Å². The molecule has 0 radical (unpaired) electrons. The minimum absolute atomic E-state index is 0.0746. The van der Waals surface area contributed by atoms with Crippen LogP contribution in [0.15, 0.2) is 36.4 Å². The van der Waals surface area contributed by atoms with Gasteiger partial charge in [0.25, 0.3) is 0 Å². The van der Waals surface area contributed by atoms with Gasteiger partial charge in [-0.25, -0.2) is 0 Å². The smallest absolute Gasteiger partial charge is 0.170 e. The molecular weight excluding hydrogens is 296 g/mol. The average Bonchev–Trinajstić information content (AvgIpc) is 2.59. The van der Waals surface area contributed by atoms with Crippen LogP contribution in [-0.4, -0.2) is 32.2 Å². The summed E-state index contributed by atoms with van der Waals surface area (Å²) >= 11 is 0. The van der Waals surface area contributed by atoms with E-state index in [9.17, 15) is 9.90 Å². The molecule has 0 bridgehead atoms. The topological polar surface area (TPSA) is 65.0 Å². The molecule has 5 heteroatoms. The monoisotopic (exact) mass is 316 g/mol. The molecule has 1 N–H and O–H groups in total. The summed E-state index contributed by atoms with van der Waals surface area (Å²) in [6, 6.07) is 10.1. The Morgan fingerprint density at radius 3 is 2.00 bits per heavy atom. The molecule has 0 amide bonds. The molecule has 0 heterocycles. The molecule has 0 spiro atoms. The van der Waals surface area contributed by atoms with Gasteiger partial charge in [-0.05, 0) is 24.1 Å². The van der Waals surface area contributed by atoms with E-state index < -0.39 is 0 Å². The molecule has 122 valence electrons. The number of carbonyl (C=O) groups is 1. The molecule has 0 aliphatic rings. The highest BCUT2D eigenvalue weighted by Crippen LogP contribution is 2.35. The van der Waals surface area contributed by atoms with Gasteiger partial charge in [0.1, 0.15) is 28.6 Å². The van der Waals surface area contributed by atoms with Crippen LogP contribution >= 0.6 is 0 Å². The van der Waals surface area contributed by atoms with E-state index in [-0.39, 0.29) is 11.5 Å². The lowest BCUT2D eigenvalue weighted by molar-refractivity contribution is 0.0976. The fourth-order valence-corrected chi connectivity index (χ4v) is 2.33. The van der Waals surface area contributed by atoms with Gasteiger partial charge < -0.3 is 19.3 Å². The molecule has 0 saturated heterocycles. The Hall–Kier alpha value is -2.69. The number of Topliss-reactive ketones (excluding diaryl/α,β-unsaturated/α-hetero) is 1. The summed E-state index contributed by atoms with van der Waals surface area (Å²) in [5.41, 5.74) is 1.39. The Morgan fingerprint density at radius 1 is 0.957 bits per heavy atom. The van der Waals surface area contributed by atoms with Crippen molar-refractivity contribution in [3.05, 3.63) is 47.5 Å². The van der Waals surface area contributed by atoms with E-state index in [1.807, 2.05) is 0 Å². The van der Waals surface area contributed by atoms with Gasteiger partial charge in [-0.15, -0.1) is 0 Å². The summed E-state index contributed by atoms with van der Waals surface area (Å²) < 4.78 is 15.8. The van der Waals surface area contributed by atoms with Crippen LogP contribution in [-0.2, 0) is 6.42 Å². The minimum Gasteiger partial charge on any atom is -0.508 e. The van der Waals surface area contributed by atoms with Crippen molar-refractivity contribution in [2.24, 2.45) is 0 Å². The third kappa shape index (κ3) is 3.94. The van der Waals surface area contributed by atoms with Gasteiger partial charge in [-0.1, -0.05) is 12.1 Å². The van der Waals surface area contributed by atoms with Crippen molar-refractivity contribution in [3.63, 3.8) is 0 Å². The first-order valence-electron chi connectivity index (χ1n) is 7.20. The summed E-state index contributed by atoms with van der Waals surface area (Å²) in [5, 5.41) is 9.29. The van der Waals surface area contributed by atoms with Crippen molar-refractivity contribution in [2.75, 3.05) is 21.3 Å². The number of methoxy groups -OCH3 is 3. The molecule has 0 aliphatic carbocycles. The van der Waals surface area contributed by atoms with Crippen LogP contribution in [0.25, 0.3) is 0 Å². The molecule has 0 aromatic heterocycles. The van der Waals surface area contributed by atoms with E-state index >= 15 is 0 Å². The van der Waals surface area contributed by atoms with Crippen molar-refractivity contribution >= 4 is 5.78 Å². The van der Waals surface area contributed by atoms with Crippen LogP contribution in [0.1, 0.15) is 22.3 Å². The first kappa shape index (κ1) is 16.7. The zero-order valence-electron chi connectivity index (χ0n) is 13.5. The molecule has 5 nitrogen and oxygen atoms in total. The Balaban J connectivity index is 2.22. The fourth-order valence-electron chi connectivity index (χ4n) is 2.33. The molecule has 2 rings (SSSR count). The van der Waals surface area contributed by atoms with Gasteiger partial charge in [0.05, 0.1) is 21.3 Å². The maximum Gasteiger partial charge on any atom is 0.170 e. The highest BCUT2D eigenvalue weighted by molar-refractivity contribution is 6.01. The minimum atomic E-state index is -0.0746. The molecular formula is C18H20O5. The second-order valence-electron chi connectivity index (χ2n) is 5.00. The molecule has 0 atom stereocenters. The predicted molar refractivity (Wildman–Crippen MR) is 86.9 cm³/mol. The van der Waals surface area contributed by atoms with Crippen LogP contribution in [0, 0.1) is 0 Å². The van der Waals surface area contributed by atoms with Gasteiger partial charge in [0.15, 0.2) is 5.78 Å². The van der Waals surface area contributed by atoms with Crippen molar-refractivity contribution in [1.29, 1.82) is 0 Å². The van der Waals surface area contributed by atoms with E-state index in [1.165, 1.54) is 14.2 Å². The number of hydrogen-bond donors (Lipinski definition) is 1. The lowest BCUT2D eigenvalue weighted by Gasteiger charge is -2.14. The maximum absolute atomic E-state index is 12.6. The number of aryl methyl sites for hydroxylation is 1. The molecule has 2 aromatic carbocycles. The van der Waals surface area contributed by atoms with Gasteiger partial charge in [0, 0.05) is 18.6 Å². The number of rotatable bonds is 7. The van der Waals surface area contributed by atoms with E-state index in [0.29, 0.717) is 35.7 Å². The second-order valence-corrected chi connectivity index (χ2v) is 5.00. The van der Waals surface area contributed by atoms with E-state index in [0.717, 1.165) is 5.56 Å². The van der Waals surface area contributed by atoms with Crippen LogP contribution in [0.4, 0.5) is 0 Å². The normalized spacial score (nSPS) is 10.2. The van der Waals surface area contributed by atoms with Crippen molar-refractivity contribution in [3.8, 4) is 23.0 Å². The van der Waals surface area contributed by atoms with Gasteiger partial charge >= 0.3 is 0 Å². The lowest BCUT2D eigenvalue weighted by atomic mass is 10.0. The van der Waals surface area contributed by atoms with Crippen LogP contribution < -0.4 is 14.2 Å². The van der Waals surface area contributed by atoms with Gasteiger partial charge in [-0.2, -0.15) is 0 Å². The number of carbonyl (C=O) groups excluding carboxylic acids is 1. The SMILES string of the molecule is COc1cc(OC)c(C(=O)CCc2ccc(O)cc2)c(OC)c1. The quantitative estimate of drug-likeness (QED) is 0.794. The van der Waals surface area contributed by atoms with E-state index in [1.54, 1.807) is 43.5 Å². The average molecular weight is 316 g/mol. The van der Waals surface area contributed by atoms with E-state index in [2.05, 4.69) is 0 Å². The predicted octanol–water partition coefficient (Wildman–Crippen LogP) is 3.23. The molecule has 0 fully saturated rings. The van der Waals surface area contributed by atoms with Crippen LogP contribution in [0.2, 0.25) is 0 Å². The number of ether oxygens (including phenoxy) is 3. The summed E-state index contributed by atoms with van der Waals surface area (Å²) in [6.45, 7) is 0. The first-order valence-corrected chi connectivity index (χ1v) is 7.20. The third-order valence-corrected chi connectivity index (χ3v) is 3.57. The number of benzene rings is 2. The largest absolute Gasteiger partial charge is 0.508 e. The zero-order valence-corrected chi connectivity index (χ0v) is 13.5. The van der Waals surface area contributed by atoms with Crippen molar-refractivity contribution < 1.29 is 24.1 Å². The standard InChI is InChI=1S/C18H20O5/c1-21-14-10-16(22-2)18(17(11-14)23-3)15(20)9-6-12-4-7-13(19)8-5-12/h4-5,7-8,10-11,19H,6,9H2,1-3H3. The van der Waals surface area contributed by atoms with Crippen LogP contribution in [0.5, 0.6) is 23.0 Å². The lowest BCUT2D eigenvalue weighted by Crippen LogP contribution is -2.07. The van der Waals surface area contributed by atoms with Crippen molar-refractivity contribution in [2.45, 2.75) is 12.8 Å². The zero-order chi connectivity index (χ0) is 16.8. The van der Waals surface area contributed by atoms with E-state index in [4.69, 9.17) is 14.2 Å². The third-order valence-electron chi connectivity index (χ3n) is 3.57. The summed E-state index contributed by atoms with van der Waals surface area (Å²) in [6.07, 6.45) is 0.876.